The third-order valence-corrected chi connectivity index (χ3v) is 5.30. The van der Waals surface area contributed by atoms with Gasteiger partial charge in [-0.25, -0.2) is 0 Å². The lowest BCUT2D eigenvalue weighted by atomic mass is 9.72. The minimum Gasteiger partial charge on any atom is -0.351 e. The molecule has 1 aliphatic heterocycles. The molecule has 6 nitrogen and oxygen atoms in total. The summed E-state index contributed by atoms with van der Waals surface area (Å²) in [4.78, 5) is 24.2. The zero-order valence-corrected chi connectivity index (χ0v) is 15.9. The Labute approximate surface area is 161 Å². The second-order valence-corrected chi connectivity index (χ2v) is 7.71. The SMILES string of the molecule is CC1(C)C(C#N)=C(SCC(=O)NCc2cccc(Cl)c2)NC(=O)[C@@H]1C#N. The fourth-order valence-electron chi connectivity index (χ4n) is 2.57. The Bertz CT molecular complexity index is 851. The monoisotopic (exact) mass is 388 g/mol. The van der Waals surface area contributed by atoms with Gasteiger partial charge in [-0.3, -0.25) is 9.59 Å². The number of nitriles is 2. The molecule has 134 valence electrons. The molecule has 0 aromatic heterocycles. The van der Waals surface area contributed by atoms with E-state index in [2.05, 4.69) is 16.7 Å². The summed E-state index contributed by atoms with van der Waals surface area (Å²) in [5.74, 6) is -1.61. The van der Waals surface area contributed by atoms with Crippen LogP contribution in [0, 0.1) is 34.0 Å². The fraction of sp³-hybridized carbons (Fsp3) is 0.333. The van der Waals surface area contributed by atoms with E-state index in [0.717, 1.165) is 17.3 Å². The Kier molecular flexibility index (Phi) is 6.31. The number of nitrogens with zero attached hydrogens (tertiary/aromatic N) is 2. The van der Waals surface area contributed by atoms with Gasteiger partial charge < -0.3 is 10.6 Å². The van der Waals surface area contributed by atoms with Crippen molar-refractivity contribution in [3.63, 3.8) is 0 Å². The molecule has 2 N–H and O–H groups in total. The average molecular weight is 389 g/mol. The first-order chi connectivity index (χ1) is 12.3. The number of rotatable bonds is 5. The van der Waals surface area contributed by atoms with Crippen LogP contribution < -0.4 is 10.6 Å². The number of nitrogens with one attached hydrogen (secondary N) is 2. The normalized spacial score (nSPS) is 18.5. The lowest BCUT2D eigenvalue weighted by Crippen LogP contribution is -2.44. The zero-order chi connectivity index (χ0) is 19.3. The molecular weight excluding hydrogens is 372 g/mol. The third-order valence-electron chi connectivity index (χ3n) is 4.06. The molecule has 1 heterocycles. The van der Waals surface area contributed by atoms with Crippen LogP contribution in [0.4, 0.5) is 0 Å². The highest BCUT2D eigenvalue weighted by Crippen LogP contribution is 2.41. The minimum absolute atomic E-state index is 0.0364. The van der Waals surface area contributed by atoms with Crippen LogP contribution in [0.15, 0.2) is 34.9 Å². The summed E-state index contributed by atoms with van der Waals surface area (Å²) in [6, 6.07) is 11.2. The maximum Gasteiger partial charge on any atom is 0.243 e. The van der Waals surface area contributed by atoms with Gasteiger partial charge in [0.15, 0.2) is 0 Å². The third kappa shape index (κ3) is 4.37. The van der Waals surface area contributed by atoms with E-state index in [4.69, 9.17) is 11.6 Å². The molecule has 1 aromatic rings. The van der Waals surface area contributed by atoms with Gasteiger partial charge >= 0.3 is 0 Å². The molecule has 2 amide bonds. The molecule has 0 unspecified atom stereocenters. The Hall–Kier alpha value is -2.48. The standard InChI is InChI=1S/C18H17ClN4O2S/c1-18(2)13(7-20)16(25)23-17(14(18)8-21)26-10-15(24)22-9-11-4-3-5-12(19)6-11/h3-6,13H,9-10H2,1-2H3,(H,22,24)(H,23,25)/t13-/m0/s1. The van der Waals surface area contributed by atoms with Crippen molar-refractivity contribution in [3.8, 4) is 12.1 Å². The molecule has 2 rings (SSSR count). The lowest BCUT2D eigenvalue weighted by Gasteiger charge is -2.34. The van der Waals surface area contributed by atoms with Crippen molar-refractivity contribution >= 4 is 35.2 Å². The van der Waals surface area contributed by atoms with Crippen LogP contribution in [-0.2, 0) is 16.1 Å². The van der Waals surface area contributed by atoms with Crippen LogP contribution in [0.5, 0.6) is 0 Å². The van der Waals surface area contributed by atoms with Gasteiger partial charge in [0.2, 0.25) is 11.8 Å². The molecule has 1 atom stereocenters. The Morgan fingerprint density at radius 1 is 1.42 bits per heavy atom. The number of halogens is 1. The zero-order valence-electron chi connectivity index (χ0n) is 14.3. The van der Waals surface area contributed by atoms with E-state index in [0.29, 0.717) is 22.2 Å². The molecule has 0 spiro atoms. The van der Waals surface area contributed by atoms with Crippen LogP contribution in [-0.4, -0.2) is 17.6 Å². The molecule has 0 saturated heterocycles. The molecule has 26 heavy (non-hydrogen) atoms. The molecule has 0 radical (unpaired) electrons. The van der Waals surface area contributed by atoms with Crippen molar-refractivity contribution in [1.82, 2.24) is 10.6 Å². The number of hydrogen-bond donors (Lipinski definition) is 2. The van der Waals surface area contributed by atoms with Crippen LogP contribution >= 0.6 is 23.4 Å². The summed E-state index contributed by atoms with van der Waals surface area (Å²) in [6.45, 7) is 3.69. The summed E-state index contributed by atoms with van der Waals surface area (Å²) >= 11 is 6.98. The lowest BCUT2D eigenvalue weighted by molar-refractivity contribution is -0.125. The van der Waals surface area contributed by atoms with E-state index in [1.54, 1.807) is 32.0 Å². The fourth-order valence-corrected chi connectivity index (χ4v) is 3.79. The number of allylic oxidation sites excluding steroid dienone is 1. The predicted octanol–water partition coefficient (Wildman–Crippen LogP) is 2.72. The van der Waals surface area contributed by atoms with Gasteiger partial charge in [-0.2, -0.15) is 10.5 Å². The van der Waals surface area contributed by atoms with Crippen molar-refractivity contribution in [3.05, 3.63) is 45.5 Å². The molecule has 0 saturated carbocycles. The van der Waals surface area contributed by atoms with Crippen LogP contribution in [0.25, 0.3) is 0 Å². The molecule has 1 aliphatic rings. The van der Waals surface area contributed by atoms with Gasteiger partial charge in [0.25, 0.3) is 0 Å². The number of carbonyl (C=O) groups excluding carboxylic acids is 2. The molecular formula is C18H17ClN4O2S. The Balaban J connectivity index is 2.02. The van der Waals surface area contributed by atoms with E-state index in [-0.39, 0.29) is 11.7 Å². The first-order valence-corrected chi connectivity index (χ1v) is 9.15. The smallest absolute Gasteiger partial charge is 0.243 e. The highest BCUT2D eigenvalue weighted by atomic mass is 35.5. The van der Waals surface area contributed by atoms with Gasteiger partial charge in [-0.05, 0) is 17.7 Å². The number of carbonyl (C=O) groups is 2. The minimum atomic E-state index is -0.946. The average Bonchev–Trinajstić information content (AvgIpc) is 2.57. The van der Waals surface area contributed by atoms with E-state index in [9.17, 15) is 20.1 Å². The van der Waals surface area contributed by atoms with Crippen LogP contribution in [0.1, 0.15) is 19.4 Å². The maximum atomic E-state index is 12.1. The first kappa shape index (κ1) is 19.8. The van der Waals surface area contributed by atoms with Crippen molar-refractivity contribution in [2.45, 2.75) is 20.4 Å². The van der Waals surface area contributed by atoms with E-state index in [1.165, 1.54) is 0 Å². The van der Waals surface area contributed by atoms with Crippen LogP contribution in [0.2, 0.25) is 5.02 Å². The van der Waals surface area contributed by atoms with Gasteiger partial charge in [0.05, 0.1) is 28.5 Å². The summed E-state index contributed by atoms with van der Waals surface area (Å²) in [5, 5.41) is 24.9. The largest absolute Gasteiger partial charge is 0.351 e. The molecule has 8 heteroatoms. The topological polar surface area (TPSA) is 106 Å². The summed E-state index contributed by atoms with van der Waals surface area (Å²) in [6.07, 6.45) is 0. The summed E-state index contributed by atoms with van der Waals surface area (Å²) < 4.78 is 0. The molecule has 0 aliphatic carbocycles. The second-order valence-electron chi connectivity index (χ2n) is 6.28. The van der Waals surface area contributed by atoms with Gasteiger partial charge in [-0.1, -0.05) is 49.3 Å². The van der Waals surface area contributed by atoms with Gasteiger partial charge in [-0.15, -0.1) is 0 Å². The number of hydrogen-bond acceptors (Lipinski definition) is 5. The van der Waals surface area contributed by atoms with E-state index < -0.39 is 17.2 Å². The maximum absolute atomic E-state index is 12.1. The van der Waals surface area contributed by atoms with Gasteiger partial charge in [0, 0.05) is 17.0 Å². The Morgan fingerprint density at radius 2 is 2.15 bits per heavy atom. The highest BCUT2D eigenvalue weighted by molar-refractivity contribution is 8.03. The second kappa shape index (κ2) is 8.27. The first-order valence-electron chi connectivity index (χ1n) is 7.79. The Morgan fingerprint density at radius 3 is 2.77 bits per heavy atom. The number of thioether (sulfide) groups is 1. The summed E-state index contributed by atoms with van der Waals surface area (Å²) in [7, 11) is 0. The van der Waals surface area contributed by atoms with Gasteiger partial charge in [0.1, 0.15) is 5.92 Å². The van der Waals surface area contributed by atoms with Crippen molar-refractivity contribution in [2.75, 3.05) is 5.75 Å². The predicted molar refractivity (Wildman–Crippen MR) is 99.4 cm³/mol. The quantitative estimate of drug-likeness (QED) is 0.806. The van der Waals surface area contributed by atoms with Crippen LogP contribution in [0.3, 0.4) is 0 Å². The van der Waals surface area contributed by atoms with Crippen molar-refractivity contribution < 1.29 is 9.59 Å². The molecule has 0 fully saturated rings. The van der Waals surface area contributed by atoms with Crippen molar-refractivity contribution in [2.24, 2.45) is 11.3 Å². The molecule has 0 bridgehead atoms. The summed E-state index contributed by atoms with van der Waals surface area (Å²) in [5.41, 5.74) is 0.263. The van der Waals surface area contributed by atoms with E-state index in [1.807, 2.05) is 12.1 Å². The number of amides is 2. The molecule has 1 aromatic carbocycles. The van der Waals surface area contributed by atoms with Crippen molar-refractivity contribution in [1.29, 1.82) is 10.5 Å². The highest BCUT2D eigenvalue weighted by Gasteiger charge is 2.44. The van der Waals surface area contributed by atoms with E-state index >= 15 is 0 Å². The number of benzene rings is 1.